The van der Waals surface area contributed by atoms with Crippen molar-refractivity contribution in [1.29, 1.82) is 0 Å². The van der Waals surface area contributed by atoms with Crippen molar-refractivity contribution in [2.75, 3.05) is 59.4 Å². The van der Waals surface area contributed by atoms with Crippen molar-refractivity contribution in [3.63, 3.8) is 0 Å². The lowest BCUT2D eigenvalue weighted by Gasteiger charge is -2.14. The number of nitrogens with zero attached hydrogens (tertiary/aromatic N) is 1. The maximum Gasteiger partial charge on any atom is 0.232 e. The van der Waals surface area contributed by atoms with Crippen LogP contribution in [0.15, 0.2) is 0 Å². The minimum Gasteiger partial charge on any atom is -0.377 e. The fourth-order valence-electron chi connectivity index (χ4n) is 2.11. The zero-order valence-electron chi connectivity index (χ0n) is 14.5. The van der Waals surface area contributed by atoms with E-state index in [4.69, 9.17) is 18.9 Å². The number of ether oxygens (including phenoxy) is 4. The predicted octanol–water partition coefficient (Wildman–Crippen LogP) is 0.0368. The molecule has 0 radical (unpaired) electrons. The second-order valence-electron chi connectivity index (χ2n) is 5.58. The van der Waals surface area contributed by atoms with Gasteiger partial charge in [-0.05, 0) is 6.92 Å². The summed E-state index contributed by atoms with van der Waals surface area (Å²) < 4.78 is 21.0. The number of carbonyl (C=O) groups is 3. The van der Waals surface area contributed by atoms with Crippen molar-refractivity contribution < 1.29 is 33.3 Å². The molecule has 0 N–H and O–H groups in total. The number of rotatable bonds is 14. The van der Waals surface area contributed by atoms with Crippen LogP contribution < -0.4 is 0 Å². The number of imide groups is 1. The number of ketones is 1. The van der Waals surface area contributed by atoms with E-state index in [1.807, 2.05) is 0 Å². The third-order valence-electron chi connectivity index (χ3n) is 3.35. The third kappa shape index (κ3) is 8.49. The van der Waals surface area contributed by atoms with E-state index in [-0.39, 0.29) is 30.1 Å². The highest BCUT2D eigenvalue weighted by Crippen LogP contribution is 2.17. The average molecular weight is 345 g/mol. The Balaban J connectivity index is 1.83. The van der Waals surface area contributed by atoms with Crippen molar-refractivity contribution in [1.82, 2.24) is 4.90 Å². The fraction of sp³-hybridized carbons (Fsp3) is 0.812. The number of hydrogen-bond acceptors (Lipinski definition) is 7. The summed E-state index contributed by atoms with van der Waals surface area (Å²) in [5.41, 5.74) is 0. The molecular formula is C16H27NO7. The van der Waals surface area contributed by atoms with E-state index in [1.54, 1.807) is 6.92 Å². The normalized spacial score (nSPS) is 17.8. The number of Topliss-reactive ketones (excluding diaryl/α,β-unsaturated/α-hetero) is 1. The van der Waals surface area contributed by atoms with E-state index in [0.29, 0.717) is 59.2 Å². The Kier molecular flexibility index (Phi) is 10.4. The van der Waals surface area contributed by atoms with Crippen LogP contribution in [0.3, 0.4) is 0 Å². The molecule has 8 heteroatoms. The van der Waals surface area contributed by atoms with Crippen LogP contribution in [0.4, 0.5) is 0 Å². The van der Waals surface area contributed by atoms with Gasteiger partial charge in [-0.1, -0.05) is 6.92 Å². The van der Waals surface area contributed by atoms with Crippen LogP contribution >= 0.6 is 0 Å². The van der Waals surface area contributed by atoms with Gasteiger partial charge >= 0.3 is 0 Å². The van der Waals surface area contributed by atoms with Crippen LogP contribution in [0, 0.1) is 5.92 Å². The molecule has 1 unspecified atom stereocenters. The van der Waals surface area contributed by atoms with E-state index < -0.39 is 0 Å². The van der Waals surface area contributed by atoms with Gasteiger partial charge < -0.3 is 18.9 Å². The molecule has 0 aromatic heterocycles. The smallest absolute Gasteiger partial charge is 0.232 e. The predicted molar refractivity (Wildman–Crippen MR) is 84.5 cm³/mol. The molecule has 0 spiro atoms. The molecule has 138 valence electrons. The Morgan fingerprint density at radius 1 is 0.958 bits per heavy atom. The lowest BCUT2D eigenvalue weighted by molar-refractivity contribution is -0.140. The van der Waals surface area contributed by atoms with Gasteiger partial charge in [-0.15, -0.1) is 0 Å². The molecule has 8 nitrogen and oxygen atoms in total. The molecule has 1 fully saturated rings. The van der Waals surface area contributed by atoms with Crippen molar-refractivity contribution in [2.45, 2.75) is 20.3 Å². The molecule has 1 atom stereocenters. The molecule has 0 saturated carbocycles. The molecule has 0 aromatic carbocycles. The molecule has 1 saturated heterocycles. The van der Waals surface area contributed by atoms with Crippen LogP contribution in [0.5, 0.6) is 0 Å². The van der Waals surface area contributed by atoms with Gasteiger partial charge in [-0.25, -0.2) is 0 Å². The zero-order chi connectivity index (χ0) is 17.8. The zero-order valence-corrected chi connectivity index (χ0v) is 14.5. The molecule has 0 bridgehead atoms. The molecule has 0 aromatic rings. The number of carbonyl (C=O) groups excluding carboxylic acids is 3. The third-order valence-corrected chi connectivity index (χ3v) is 3.35. The topological polar surface area (TPSA) is 91.4 Å². The van der Waals surface area contributed by atoms with Gasteiger partial charge in [-0.2, -0.15) is 0 Å². The average Bonchev–Trinajstić information content (AvgIpc) is 2.77. The summed E-state index contributed by atoms with van der Waals surface area (Å²) in [5.74, 6) is -0.471. The standard InChI is InChI=1S/C16H27NO7/c1-13-11-15(19)17(16(13)20)3-4-21-5-6-22-7-8-23-9-10-24-12-14(2)18/h13H,3-12H2,1-2H3. The van der Waals surface area contributed by atoms with Crippen LogP contribution in [0.2, 0.25) is 0 Å². The minimum absolute atomic E-state index is 0.00805. The van der Waals surface area contributed by atoms with Crippen molar-refractivity contribution in [2.24, 2.45) is 5.92 Å². The van der Waals surface area contributed by atoms with Crippen molar-refractivity contribution in [3.8, 4) is 0 Å². The monoisotopic (exact) mass is 345 g/mol. The van der Waals surface area contributed by atoms with Gasteiger partial charge in [0.05, 0.1) is 52.8 Å². The molecule has 2 amide bonds. The highest BCUT2D eigenvalue weighted by atomic mass is 16.6. The van der Waals surface area contributed by atoms with Gasteiger partial charge in [0.2, 0.25) is 11.8 Å². The Bertz CT molecular complexity index is 413. The highest BCUT2D eigenvalue weighted by molar-refractivity contribution is 6.03. The maximum atomic E-state index is 11.7. The summed E-state index contributed by atoms with van der Waals surface area (Å²) in [6.07, 6.45) is 0.293. The van der Waals surface area contributed by atoms with E-state index in [2.05, 4.69) is 0 Å². The first-order valence-electron chi connectivity index (χ1n) is 8.17. The first-order valence-corrected chi connectivity index (χ1v) is 8.17. The van der Waals surface area contributed by atoms with Crippen LogP contribution in [-0.2, 0) is 33.3 Å². The van der Waals surface area contributed by atoms with Crippen molar-refractivity contribution in [3.05, 3.63) is 0 Å². The first-order chi connectivity index (χ1) is 11.5. The van der Waals surface area contributed by atoms with Gasteiger partial charge in [0.25, 0.3) is 0 Å². The molecule has 0 aliphatic carbocycles. The Hall–Kier alpha value is -1.35. The molecule has 24 heavy (non-hydrogen) atoms. The summed E-state index contributed by atoms with van der Waals surface area (Å²) in [7, 11) is 0. The van der Waals surface area contributed by atoms with E-state index in [1.165, 1.54) is 11.8 Å². The van der Waals surface area contributed by atoms with Crippen molar-refractivity contribution >= 4 is 17.6 Å². The molecule has 1 heterocycles. The lowest BCUT2D eigenvalue weighted by Crippen LogP contribution is -2.33. The van der Waals surface area contributed by atoms with E-state index in [9.17, 15) is 14.4 Å². The van der Waals surface area contributed by atoms with E-state index >= 15 is 0 Å². The van der Waals surface area contributed by atoms with Gasteiger partial charge in [0.15, 0.2) is 5.78 Å². The summed E-state index contributed by atoms with van der Waals surface area (Å²) in [4.78, 5) is 35.1. The number of amides is 2. The van der Waals surface area contributed by atoms with Crippen LogP contribution in [0.1, 0.15) is 20.3 Å². The van der Waals surface area contributed by atoms with E-state index in [0.717, 1.165) is 0 Å². The Labute approximate surface area is 142 Å². The van der Waals surface area contributed by atoms with Gasteiger partial charge in [-0.3, -0.25) is 19.3 Å². The first kappa shape index (κ1) is 20.7. The summed E-state index contributed by atoms with van der Waals surface area (Å²) in [6, 6.07) is 0. The minimum atomic E-state index is -0.214. The van der Waals surface area contributed by atoms with Crippen LogP contribution in [0.25, 0.3) is 0 Å². The maximum absolute atomic E-state index is 11.7. The SMILES string of the molecule is CC(=O)COCCOCCOCCOCCN1C(=O)CC(C)C1=O. The summed E-state index contributed by atoms with van der Waals surface area (Å²) in [6.45, 7) is 6.46. The molecular weight excluding hydrogens is 318 g/mol. The summed E-state index contributed by atoms with van der Waals surface area (Å²) in [5, 5.41) is 0. The largest absolute Gasteiger partial charge is 0.377 e. The number of hydrogen-bond donors (Lipinski definition) is 0. The highest BCUT2D eigenvalue weighted by Gasteiger charge is 2.34. The van der Waals surface area contributed by atoms with Gasteiger partial charge in [0, 0.05) is 12.3 Å². The Morgan fingerprint density at radius 2 is 1.46 bits per heavy atom. The van der Waals surface area contributed by atoms with Crippen LogP contribution in [-0.4, -0.2) is 81.9 Å². The molecule has 1 aliphatic rings. The summed E-state index contributed by atoms with van der Waals surface area (Å²) >= 11 is 0. The van der Waals surface area contributed by atoms with Gasteiger partial charge in [0.1, 0.15) is 6.61 Å². The lowest BCUT2D eigenvalue weighted by atomic mass is 10.1. The second kappa shape index (κ2) is 12.1. The quantitative estimate of drug-likeness (QED) is 0.324. The molecule has 1 rings (SSSR count). The number of likely N-dealkylation sites (tertiary alicyclic amines) is 1. The fourth-order valence-corrected chi connectivity index (χ4v) is 2.11. The second-order valence-corrected chi connectivity index (χ2v) is 5.58. The molecule has 1 aliphatic heterocycles. The Morgan fingerprint density at radius 3 is 1.92 bits per heavy atom.